The maximum absolute atomic E-state index is 12.2. The Balaban J connectivity index is 1.64. The summed E-state index contributed by atoms with van der Waals surface area (Å²) >= 11 is 7.46. The quantitative estimate of drug-likeness (QED) is 0.590. The molecule has 2 aromatic carbocycles. The lowest BCUT2D eigenvalue weighted by molar-refractivity contribution is -0.118. The number of para-hydroxylation sites is 2. The molecule has 0 bridgehead atoms. The van der Waals surface area contributed by atoms with Gasteiger partial charge in [0.25, 0.3) is 5.91 Å². The molecule has 0 aliphatic carbocycles. The lowest BCUT2D eigenvalue weighted by Gasteiger charge is -2.10. The Bertz CT molecular complexity index is 942. The van der Waals surface area contributed by atoms with E-state index < -0.39 is 0 Å². The van der Waals surface area contributed by atoms with E-state index in [1.807, 2.05) is 50.2 Å². The number of aromatic nitrogens is 1. The molecule has 0 atom stereocenters. The van der Waals surface area contributed by atoms with E-state index in [2.05, 4.69) is 10.3 Å². The molecule has 3 rings (SSSR count). The van der Waals surface area contributed by atoms with Gasteiger partial charge in [-0.1, -0.05) is 35.9 Å². The molecular formula is C20H19ClN2O3S. The second kappa shape index (κ2) is 8.88. The predicted molar refractivity (Wildman–Crippen MR) is 109 cm³/mol. The summed E-state index contributed by atoms with van der Waals surface area (Å²) in [5.41, 5.74) is 1.72. The number of nitrogens with one attached hydrogen (secondary N) is 1. The highest BCUT2D eigenvalue weighted by molar-refractivity contribution is 7.16. The van der Waals surface area contributed by atoms with Crippen LogP contribution < -0.4 is 14.8 Å². The fraction of sp³-hybridized carbons (Fsp3) is 0.200. The molecule has 1 aromatic heterocycles. The number of anilines is 1. The summed E-state index contributed by atoms with van der Waals surface area (Å²) in [5, 5.41) is 3.95. The molecule has 0 saturated heterocycles. The lowest BCUT2D eigenvalue weighted by Crippen LogP contribution is -2.20. The number of aryl methyl sites for hydroxylation is 1. The molecule has 0 unspecified atom stereocenters. The van der Waals surface area contributed by atoms with Crippen LogP contribution in [0.25, 0.3) is 11.3 Å². The molecule has 27 heavy (non-hydrogen) atoms. The summed E-state index contributed by atoms with van der Waals surface area (Å²) in [7, 11) is 0. The van der Waals surface area contributed by atoms with Crippen LogP contribution in [-0.4, -0.2) is 24.1 Å². The molecule has 0 radical (unpaired) electrons. The highest BCUT2D eigenvalue weighted by atomic mass is 35.5. The second-order valence-corrected chi connectivity index (χ2v) is 7.29. The number of hydrogen-bond acceptors (Lipinski definition) is 5. The zero-order valence-corrected chi connectivity index (χ0v) is 16.6. The Hall–Kier alpha value is -2.57. The van der Waals surface area contributed by atoms with Crippen LogP contribution >= 0.6 is 22.9 Å². The summed E-state index contributed by atoms with van der Waals surface area (Å²) in [6.07, 6.45) is 0. The minimum atomic E-state index is -0.285. The van der Waals surface area contributed by atoms with Gasteiger partial charge in [-0.15, -0.1) is 11.3 Å². The average Bonchev–Trinajstić information content (AvgIpc) is 3.01. The predicted octanol–water partition coefficient (Wildman–Crippen LogP) is 5.19. The van der Waals surface area contributed by atoms with Crippen LogP contribution in [0.5, 0.6) is 11.5 Å². The molecule has 3 aromatic rings. The van der Waals surface area contributed by atoms with Crippen LogP contribution in [0.3, 0.4) is 0 Å². The van der Waals surface area contributed by atoms with Gasteiger partial charge in [0.05, 0.1) is 12.3 Å². The number of thiazole rings is 1. The van der Waals surface area contributed by atoms with Gasteiger partial charge in [0.2, 0.25) is 0 Å². The Labute approximate surface area is 166 Å². The van der Waals surface area contributed by atoms with E-state index in [9.17, 15) is 4.79 Å². The fourth-order valence-electron chi connectivity index (χ4n) is 2.50. The van der Waals surface area contributed by atoms with Crippen molar-refractivity contribution < 1.29 is 14.3 Å². The smallest absolute Gasteiger partial charge is 0.264 e. The Morgan fingerprint density at radius 3 is 2.59 bits per heavy atom. The first-order valence-electron chi connectivity index (χ1n) is 8.44. The van der Waals surface area contributed by atoms with Gasteiger partial charge in [-0.05, 0) is 38.1 Å². The molecule has 0 fully saturated rings. The minimum Gasteiger partial charge on any atom is -0.490 e. The molecule has 0 saturated carbocycles. The van der Waals surface area contributed by atoms with Crippen LogP contribution in [0.15, 0.2) is 48.5 Å². The first-order chi connectivity index (χ1) is 13.1. The maximum Gasteiger partial charge on any atom is 0.264 e. The molecule has 5 nitrogen and oxygen atoms in total. The van der Waals surface area contributed by atoms with Crippen LogP contribution in [0.4, 0.5) is 5.13 Å². The van der Waals surface area contributed by atoms with Crippen molar-refractivity contribution in [2.45, 2.75) is 13.8 Å². The van der Waals surface area contributed by atoms with Crippen molar-refractivity contribution in [1.82, 2.24) is 4.98 Å². The molecule has 0 aliphatic heterocycles. The zero-order valence-electron chi connectivity index (χ0n) is 15.0. The minimum absolute atomic E-state index is 0.130. The number of rotatable bonds is 7. The van der Waals surface area contributed by atoms with Gasteiger partial charge in [-0.25, -0.2) is 4.98 Å². The molecular weight excluding hydrogens is 384 g/mol. The van der Waals surface area contributed by atoms with Gasteiger partial charge in [-0.3, -0.25) is 10.1 Å². The van der Waals surface area contributed by atoms with E-state index in [-0.39, 0.29) is 12.5 Å². The van der Waals surface area contributed by atoms with Crippen molar-refractivity contribution in [1.29, 1.82) is 0 Å². The number of carbonyl (C=O) groups is 1. The van der Waals surface area contributed by atoms with Crippen molar-refractivity contribution in [3.05, 3.63) is 58.4 Å². The van der Waals surface area contributed by atoms with Gasteiger partial charge < -0.3 is 9.47 Å². The van der Waals surface area contributed by atoms with E-state index in [0.29, 0.717) is 28.3 Å². The first-order valence-corrected chi connectivity index (χ1v) is 9.64. The van der Waals surface area contributed by atoms with E-state index >= 15 is 0 Å². The lowest BCUT2D eigenvalue weighted by atomic mass is 10.1. The summed E-state index contributed by atoms with van der Waals surface area (Å²) in [5.74, 6) is 0.860. The van der Waals surface area contributed by atoms with Crippen LogP contribution in [-0.2, 0) is 4.79 Å². The molecule has 7 heteroatoms. The first kappa shape index (κ1) is 19.2. The third-order valence-electron chi connectivity index (χ3n) is 3.65. The van der Waals surface area contributed by atoms with Crippen molar-refractivity contribution in [2.24, 2.45) is 0 Å². The fourth-order valence-corrected chi connectivity index (χ4v) is 3.54. The summed E-state index contributed by atoms with van der Waals surface area (Å²) in [4.78, 5) is 17.7. The number of benzene rings is 2. The van der Waals surface area contributed by atoms with Gasteiger partial charge in [0.15, 0.2) is 23.2 Å². The maximum atomic E-state index is 12.2. The van der Waals surface area contributed by atoms with E-state index in [1.54, 1.807) is 12.1 Å². The number of halogens is 1. The standard InChI is InChI=1S/C20H19ClN2O3S/c1-3-25-16-9-4-5-10-17(16)26-12-18(24)22-20-23-19(13(2)27-20)14-7-6-8-15(21)11-14/h4-11H,3,12H2,1-2H3,(H,22,23,24). The number of amides is 1. The normalized spacial score (nSPS) is 10.5. The highest BCUT2D eigenvalue weighted by Gasteiger charge is 2.13. The summed E-state index contributed by atoms with van der Waals surface area (Å²) < 4.78 is 11.1. The largest absolute Gasteiger partial charge is 0.490 e. The van der Waals surface area contributed by atoms with Crippen LogP contribution in [0.2, 0.25) is 5.02 Å². The third kappa shape index (κ3) is 4.99. The highest BCUT2D eigenvalue weighted by Crippen LogP contribution is 2.31. The average molecular weight is 403 g/mol. The SMILES string of the molecule is CCOc1ccccc1OCC(=O)Nc1nc(-c2cccc(Cl)c2)c(C)s1. The summed E-state index contributed by atoms with van der Waals surface area (Å²) in [6, 6.07) is 14.7. The van der Waals surface area contributed by atoms with E-state index in [0.717, 1.165) is 16.1 Å². The Morgan fingerprint density at radius 1 is 1.15 bits per heavy atom. The Kier molecular flexibility index (Phi) is 6.32. The topological polar surface area (TPSA) is 60.5 Å². The number of ether oxygens (including phenoxy) is 2. The molecule has 140 valence electrons. The van der Waals surface area contributed by atoms with Gasteiger partial charge in [-0.2, -0.15) is 0 Å². The molecule has 0 spiro atoms. The second-order valence-electron chi connectivity index (χ2n) is 5.65. The molecule has 1 heterocycles. The monoisotopic (exact) mass is 402 g/mol. The molecule has 1 N–H and O–H groups in total. The van der Waals surface area contributed by atoms with Crippen molar-refractivity contribution >= 4 is 34.0 Å². The van der Waals surface area contributed by atoms with Crippen molar-refractivity contribution in [2.75, 3.05) is 18.5 Å². The van der Waals surface area contributed by atoms with Gasteiger partial charge in [0, 0.05) is 15.5 Å². The number of carbonyl (C=O) groups excluding carboxylic acids is 1. The van der Waals surface area contributed by atoms with Crippen molar-refractivity contribution in [3.8, 4) is 22.8 Å². The van der Waals surface area contributed by atoms with Gasteiger partial charge in [0.1, 0.15) is 0 Å². The van der Waals surface area contributed by atoms with Crippen LogP contribution in [0.1, 0.15) is 11.8 Å². The van der Waals surface area contributed by atoms with Crippen LogP contribution in [0, 0.1) is 6.92 Å². The Morgan fingerprint density at radius 2 is 1.89 bits per heavy atom. The third-order valence-corrected chi connectivity index (χ3v) is 4.77. The summed E-state index contributed by atoms with van der Waals surface area (Å²) in [6.45, 7) is 4.25. The molecule has 1 amide bonds. The zero-order chi connectivity index (χ0) is 19.2. The van der Waals surface area contributed by atoms with E-state index in [4.69, 9.17) is 21.1 Å². The molecule has 0 aliphatic rings. The van der Waals surface area contributed by atoms with Gasteiger partial charge >= 0.3 is 0 Å². The number of nitrogens with zero attached hydrogens (tertiary/aromatic N) is 1. The van der Waals surface area contributed by atoms with Crippen molar-refractivity contribution in [3.63, 3.8) is 0 Å². The van der Waals surface area contributed by atoms with E-state index in [1.165, 1.54) is 11.3 Å². The number of hydrogen-bond donors (Lipinski definition) is 1.